The number of hydrogen-bond acceptors (Lipinski definition) is 0. The molecule has 0 aliphatic heterocycles. The first-order chi connectivity index (χ1) is 25.3. The van der Waals surface area contributed by atoms with Crippen molar-refractivity contribution in [2.24, 2.45) is 0 Å². The summed E-state index contributed by atoms with van der Waals surface area (Å²) in [6, 6.07) is 68.4. The Bertz CT molecular complexity index is 3080. The zero-order valence-corrected chi connectivity index (χ0v) is 27.7. The number of rotatable bonds is 4. The maximum Gasteiger partial charge on any atom is 0.0562 e. The molecule has 8 aromatic carbocycles. The molecule has 0 unspecified atom stereocenters. The summed E-state index contributed by atoms with van der Waals surface area (Å²) in [5.74, 6) is 0. The third-order valence-corrected chi connectivity index (χ3v) is 10.6. The van der Waals surface area contributed by atoms with Crippen molar-refractivity contribution in [3.8, 4) is 28.2 Å². The molecule has 3 heterocycles. The van der Waals surface area contributed by atoms with Crippen molar-refractivity contribution < 1.29 is 0 Å². The Morgan fingerprint density at radius 1 is 0.275 bits per heavy atom. The highest BCUT2D eigenvalue weighted by molar-refractivity contribution is 6.17. The predicted molar refractivity (Wildman–Crippen MR) is 215 cm³/mol. The summed E-state index contributed by atoms with van der Waals surface area (Å²) in [6.45, 7) is 0. The van der Waals surface area contributed by atoms with Gasteiger partial charge in [0.25, 0.3) is 0 Å². The fourth-order valence-electron chi connectivity index (χ4n) is 8.54. The molecule has 0 aliphatic carbocycles. The predicted octanol–water partition coefficient (Wildman–Crippen LogP) is 12.6. The lowest BCUT2D eigenvalue weighted by Crippen LogP contribution is -1.98. The van der Waals surface area contributed by atoms with Crippen molar-refractivity contribution in [2.45, 2.75) is 0 Å². The molecular weight excluding hydrogens is 619 g/mol. The van der Waals surface area contributed by atoms with Gasteiger partial charge in [-0.3, -0.25) is 0 Å². The minimum absolute atomic E-state index is 1.16. The van der Waals surface area contributed by atoms with Crippen LogP contribution in [0.4, 0.5) is 0 Å². The van der Waals surface area contributed by atoms with Crippen LogP contribution in [0.15, 0.2) is 188 Å². The first-order valence-corrected chi connectivity index (χ1v) is 17.5. The molecule has 0 amide bonds. The summed E-state index contributed by atoms with van der Waals surface area (Å²) in [5, 5.41) is 7.49. The van der Waals surface area contributed by atoms with Crippen molar-refractivity contribution in [1.29, 1.82) is 0 Å². The Hall–Kier alpha value is -6.84. The summed E-state index contributed by atoms with van der Waals surface area (Å²) in [4.78, 5) is 0. The average molecular weight is 650 g/mol. The number of fused-ring (bicyclic) bond motifs is 9. The molecular formula is C48H31N3. The van der Waals surface area contributed by atoms with E-state index >= 15 is 0 Å². The third kappa shape index (κ3) is 4.00. The van der Waals surface area contributed by atoms with Gasteiger partial charge in [0.15, 0.2) is 0 Å². The minimum Gasteiger partial charge on any atom is -0.309 e. The molecule has 0 atom stereocenters. The van der Waals surface area contributed by atoms with E-state index in [0.29, 0.717) is 0 Å². The molecule has 11 aromatic rings. The van der Waals surface area contributed by atoms with Gasteiger partial charge in [0.05, 0.1) is 44.5 Å². The van der Waals surface area contributed by atoms with E-state index in [-0.39, 0.29) is 0 Å². The van der Waals surface area contributed by atoms with Crippen molar-refractivity contribution in [3.05, 3.63) is 188 Å². The van der Waals surface area contributed by atoms with Crippen molar-refractivity contribution in [2.75, 3.05) is 0 Å². The molecule has 3 aromatic heterocycles. The van der Waals surface area contributed by atoms with Crippen molar-refractivity contribution in [3.63, 3.8) is 0 Å². The summed E-state index contributed by atoms with van der Waals surface area (Å²) in [6.07, 6.45) is 0. The second-order valence-corrected chi connectivity index (χ2v) is 13.3. The first kappa shape index (κ1) is 28.0. The van der Waals surface area contributed by atoms with Crippen LogP contribution >= 0.6 is 0 Å². The Labute approximate surface area is 294 Å². The van der Waals surface area contributed by atoms with Gasteiger partial charge >= 0.3 is 0 Å². The summed E-state index contributed by atoms with van der Waals surface area (Å²) >= 11 is 0. The number of hydrogen-bond donors (Lipinski definition) is 0. The van der Waals surface area contributed by atoms with Crippen LogP contribution in [-0.4, -0.2) is 13.7 Å². The quantitative estimate of drug-likeness (QED) is 0.180. The Morgan fingerprint density at radius 3 is 1.45 bits per heavy atom. The Morgan fingerprint density at radius 2 is 0.745 bits per heavy atom. The minimum atomic E-state index is 1.16. The van der Waals surface area contributed by atoms with Gasteiger partial charge < -0.3 is 13.7 Å². The Kier molecular flexibility index (Phi) is 5.96. The van der Waals surface area contributed by atoms with Crippen molar-refractivity contribution in [1.82, 2.24) is 13.7 Å². The molecule has 0 saturated heterocycles. The van der Waals surface area contributed by atoms with E-state index in [4.69, 9.17) is 0 Å². The molecule has 0 radical (unpaired) electrons. The maximum atomic E-state index is 2.47. The largest absolute Gasteiger partial charge is 0.309 e. The van der Waals surface area contributed by atoms with E-state index < -0.39 is 0 Å². The molecule has 3 nitrogen and oxygen atoms in total. The molecule has 0 N–H and O–H groups in total. The molecule has 3 heteroatoms. The molecule has 238 valence electrons. The van der Waals surface area contributed by atoms with Crippen LogP contribution in [0.1, 0.15) is 0 Å². The lowest BCUT2D eigenvalue weighted by molar-refractivity contribution is 1.16. The van der Waals surface area contributed by atoms with E-state index in [2.05, 4.69) is 202 Å². The maximum absolute atomic E-state index is 2.47. The fraction of sp³-hybridized carbons (Fsp3) is 0. The number of benzene rings is 8. The monoisotopic (exact) mass is 649 g/mol. The lowest BCUT2D eigenvalue weighted by atomic mass is 10.0. The first-order valence-electron chi connectivity index (χ1n) is 17.5. The number of aromatic nitrogens is 3. The zero-order chi connectivity index (χ0) is 33.5. The van der Waals surface area contributed by atoms with Gasteiger partial charge in [0.1, 0.15) is 0 Å². The Balaban J connectivity index is 1.21. The van der Waals surface area contributed by atoms with Gasteiger partial charge in [-0.25, -0.2) is 0 Å². The molecule has 0 bridgehead atoms. The molecule has 0 fully saturated rings. The number of para-hydroxylation sites is 5. The molecule has 0 saturated carbocycles. The summed E-state index contributed by atoms with van der Waals surface area (Å²) < 4.78 is 7.34. The third-order valence-electron chi connectivity index (χ3n) is 10.6. The number of nitrogens with zero attached hydrogens (tertiary/aromatic N) is 3. The van der Waals surface area contributed by atoms with Gasteiger partial charge in [-0.2, -0.15) is 0 Å². The van der Waals surface area contributed by atoms with Crippen LogP contribution in [0.2, 0.25) is 0 Å². The average Bonchev–Trinajstić information content (AvgIpc) is 3.84. The highest BCUT2D eigenvalue weighted by Gasteiger charge is 2.21. The zero-order valence-electron chi connectivity index (χ0n) is 27.7. The van der Waals surface area contributed by atoms with E-state index in [1.165, 1.54) is 87.9 Å². The van der Waals surface area contributed by atoms with Crippen LogP contribution in [0.3, 0.4) is 0 Å². The highest BCUT2D eigenvalue weighted by atomic mass is 15.0. The molecule has 11 rings (SSSR count). The van der Waals surface area contributed by atoms with E-state index in [1.807, 2.05) is 0 Å². The molecule has 0 spiro atoms. The smallest absolute Gasteiger partial charge is 0.0562 e. The van der Waals surface area contributed by atoms with Gasteiger partial charge in [0.2, 0.25) is 0 Å². The standard InChI is InChI=1S/C48H31N3/c1-2-15-32(16-3-1)34-17-4-9-22-40(34)50-44-26-13-8-21-38(44)48-46(50)27-14-28-47(48)51-43-25-12-7-20-37(43)39-31-33(29-30-45(39)51)49-41-23-10-5-18-35(41)36-19-6-11-24-42(36)49/h1-31H. The summed E-state index contributed by atoms with van der Waals surface area (Å²) in [7, 11) is 0. The van der Waals surface area contributed by atoms with Crippen LogP contribution < -0.4 is 0 Å². The second-order valence-electron chi connectivity index (χ2n) is 13.3. The summed E-state index contributed by atoms with van der Waals surface area (Å²) in [5.41, 5.74) is 13.1. The highest BCUT2D eigenvalue weighted by Crippen LogP contribution is 2.42. The van der Waals surface area contributed by atoms with Crippen molar-refractivity contribution >= 4 is 65.4 Å². The fourth-order valence-corrected chi connectivity index (χ4v) is 8.54. The van der Waals surface area contributed by atoms with Crippen LogP contribution in [0.5, 0.6) is 0 Å². The molecule has 0 aliphatic rings. The van der Waals surface area contributed by atoms with Crippen LogP contribution in [0, 0.1) is 0 Å². The van der Waals surface area contributed by atoms with E-state index in [0.717, 1.165) is 5.69 Å². The lowest BCUT2D eigenvalue weighted by Gasteiger charge is -2.15. The van der Waals surface area contributed by atoms with Crippen LogP contribution in [-0.2, 0) is 0 Å². The van der Waals surface area contributed by atoms with Crippen LogP contribution in [0.25, 0.3) is 93.6 Å². The van der Waals surface area contributed by atoms with Gasteiger partial charge in [-0.1, -0.05) is 127 Å². The SMILES string of the molecule is c1ccc(-c2ccccc2-n2c3ccccc3c3c(-n4c5ccccc5c5cc(-n6c7ccccc7c7ccccc76)ccc54)cccc32)cc1. The van der Waals surface area contributed by atoms with Gasteiger partial charge in [-0.15, -0.1) is 0 Å². The topological polar surface area (TPSA) is 14.8 Å². The van der Waals surface area contributed by atoms with E-state index in [9.17, 15) is 0 Å². The second kappa shape index (κ2) is 10.8. The molecule has 51 heavy (non-hydrogen) atoms. The van der Waals surface area contributed by atoms with Gasteiger partial charge in [0, 0.05) is 43.6 Å². The normalized spacial score (nSPS) is 11.9. The van der Waals surface area contributed by atoms with E-state index in [1.54, 1.807) is 0 Å². The van der Waals surface area contributed by atoms with Gasteiger partial charge in [-0.05, 0) is 66.2 Å².